The number of carbonyl (C=O) groups is 1. The molecule has 3 N–H and O–H groups in total. The van der Waals surface area contributed by atoms with Crippen LogP contribution in [0.4, 0.5) is 23.7 Å². The lowest BCUT2D eigenvalue weighted by Gasteiger charge is -2.12. The summed E-state index contributed by atoms with van der Waals surface area (Å²) in [6.45, 7) is 1.22. The van der Waals surface area contributed by atoms with Crippen molar-refractivity contribution in [2.24, 2.45) is 0 Å². The summed E-state index contributed by atoms with van der Waals surface area (Å²) in [4.78, 5) is 11.2. The monoisotopic (exact) mass is 248 g/mol. The molecule has 1 rings (SSSR count). The topological polar surface area (TPSA) is 61.4 Å². The van der Waals surface area contributed by atoms with Crippen LogP contribution in [-0.2, 0) is 0 Å². The van der Waals surface area contributed by atoms with Crippen LogP contribution in [0.1, 0.15) is 6.92 Å². The SMILES string of the molecule is CC(CO)NC(=O)Nc1cc(F)c(F)cc1F. The molecule has 2 amide bonds. The van der Waals surface area contributed by atoms with Crippen molar-refractivity contribution in [2.75, 3.05) is 11.9 Å². The van der Waals surface area contributed by atoms with Gasteiger partial charge in [0.25, 0.3) is 0 Å². The Morgan fingerprint density at radius 2 is 1.88 bits per heavy atom. The van der Waals surface area contributed by atoms with Crippen molar-refractivity contribution < 1.29 is 23.1 Å². The Kier molecular flexibility index (Phi) is 4.33. The van der Waals surface area contributed by atoms with Gasteiger partial charge in [-0.3, -0.25) is 0 Å². The molecule has 0 aromatic heterocycles. The van der Waals surface area contributed by atoms with Crippen molar-refractivity contribution in [3.8, 4) is 0 Å². The van der Waals surface area contributed by atoms with E-state index in [0.717, 1.165) is 0 Å². The Bertz CT molecular complexity index is 426. The Labute approximate surface area is 95.4 Å². The van der Waals surface area contributed by atoms with Gasteiger partial charge >= 0.3 is 6.03 Å². The molecule has 17 heavy (non-hydrogen) atoms. The summed E-state index contributed by atoms with van der Waals surface area (Å²) in [5.74, 6) is -3.69. The highest BCUT2D eigenvalue weighted by molar-refractivity contribution is 5.89. The number of nitrogens with one attached hydrogen (secondary N) is 2. The van der Waals surface area contributed by atoms with Crippen molar-refractivity contribution in [2.45, 2.75) is 13.0 Å². The van der Waals surface area contributed by atoms with E-state index < -0.39 is 35.2 Å². The second kappa shape index (κ2) is 5.53. The van der Waals surface area contributed by atoms with Gasteiger partial charge in [-0.2, -0.15) is 0 Å². The minimum Gasteiger partial charge on any atom is -0.394 e. The fraction of sp³-hybridized carbons (Fsp3) is 0.300. The van der Waals surface area contributed by atoms with E-state index in [1.54, 1.807) is 0 Å². The molecule has 0 radical (unpaired) electrons. The molecule has 0 heterocycles. The summed E-state index contributed by atoms with van der Waals surface area (Å²) < 4.78 is 38.5. The highest BCUT2D eigenvalue weighted by atomic mass is 19.2. The number of amides is 2. The molecule has 1 atom stereocenters. The quantitative estimate of drug-likeness (QED) is 0.711. The van der Waals surface area contributed by atoms with Gasteiger partial charge in [0.15, 0.2) is 11.6 Å². The van der Waals surface area contributed by atoms with Crippen molar-refractivity contribution >= 4 is 11.7 Å². The van der Waals surface area contributed by atoms with Crippen molar-refractivity contribution in [3.63, 3.8) is 0 Å². The van der Waals surface area contributed by atoms with Crippen LogP contribution >= 0.6 is 0 Å². The fourth-order valence-corrected chi connectivity index (χ4v) is 1.05. The fourth-order valence-electron chi connectivity index (χ4n) is 1.05. The molecule has 1 aromatic carbocycles. The zero-order valence-electron chi connectivity index (χ0n) is 8.93. The van der Waals surface area contributed by atoms with Crippen LogP contribution in [0.5, 0.6) is 0 Å². The predicted octanol–water partition coefficient (Wildman–Crippen LogP) is 1.61. The van der Waals surface area contributed by atoms with Gasteiger partial charge in [-0.1, -0.05) is 0 Å². The van der Waals surface area contributed by atoms with Crippen LogP contribution < -0.4 is 10.6 Å². The maximum absolute atomic E-state index is 13.1. The minimum atomic E-state index is -1.34. The summed E-state index contributed by atoms with van der Waals surface area (Å²) in [7, 11) is 0. The standard InChI is InChI=1S/C10H11F3N2O2/c1-5(4-16)14-10(17)15-9-3-7(12)6(11)2-8(9)13/h2-3,5,16H,4H2,1H3,(H2,14,15,17). The normalized spacial score (nSPS) is 12.1. The lowest BCUT2D eigenvalue weighted by Crippen LogP contribution is -2.38. The zero-order chi connectivity index (χ0) is 13.0. The summed E-state index contributed by atoms with van der Waals surface area (Å²) in [6, 6.07) is -0.492. The number of urea groups is 1. The van der Waals surface area contributed by atoms with E-state index >= 15 is 0 Å². The van der Waals surface area contributed by atoms with Crippen molar-refractivity contribution in [1.82, 2.24) is 5.32 Å². The van der Waals surface area contributed by atoms with Gasteiger partial charge in [0, 0.05) is 12.1 Å². The molecule has 1 aromatic rings. The van der Waals surface area contributed by atoms with Gasteiger partial charge in [-0.15, -0.1) is 0 Å². The molecule has 0 aliphatic carbocycles. The van der Waals surface area contributed by atoms with Crippen LogP contribution in [-0.4, -0.2) is 23.8 Å². The van der Waals surface area contributed by atoms with Crippen molar-refractivity contribution in [1.29, 1.82) is 0 Å². The van der Waals surface area contributed by atoms with Crippen LogP contribution in [0.3, 0.4) is 0 Å². The number of carbonyl (C=O) groups excluding carboxylic acids is 1. The van der Waals surface area contributed by atoms with E-state index in [-0.39, 0.29) is 6.61 Å². The van der Waals surface area contributed by atoms with Gasteiger partial charge < -0.3 is 15.7 Å². The maximum Gasteiger partial charge on any atom is 0.319 e. The summed E-state index contributed by atoms with van der Waals surface area (Å²) in [5.41, 5.74) is -0.480. The van der Waals surface area contributed by atoms with E-state index in [0.29, 0.717) is 12.1 Å². The third kappa shape index (κ3) is 3.63. The Morgan fingerprint density at radius 3 is 2.47 bits per heavy atom. The van der Waals surface area contributed by atoms with Gasteiger partial charge in [0.1, 0.15) is 5.82 Å². The van der Waals surface area contributed by atoms with E-state index in [9.17, 15) is 18.0 Å². The third-order valence-corrected chi connectivity index (χ3v) is 1.91. The molecule has 0 aliphatic heterocycles. The van der Waals surface area contributed by atoms with Gasteiger partial charge in [-0.05, 0) is 6.92 Å². The molecule has 0 fully saturated rings. The van der Waals surface area contributed by atoms with E-state index in [2.05, 4.69) is 5.32 Å². The highest BCUT2D eigenvalue weighted by Crippen LogP contribution is 2.18. The first-order valence-electron chi connectivity index (χ1n) is 4.77. The number of aliphatic hydroxyl groups excluding tert-OH is 1. The molecule has 0 bridgehead atoms. The van der Waals surface area contributed by atoms with Crippen LogP contribution in [0.15, 0.2) is 12.1 Å². The summed E-state index contributed by atoms with van der Waals surface area (Å²) >= 11 is 0. The van der Waals surface area contributed by atoms with Gasteiger partial charge in [-0.25, -0.2) is 18.0 Å². The van der Waals surface area contributed by atoms with Crippen molar-refractivity contribution in [3.05, 3.63) is 29.6 Å². The highest BCUT2D eigenvalue weighted by Gasteiger charge is 2.13. The number of rotatable bonds is 3. The third-order valence-electron chi connectivity index (χ3n) is 1.91. The Morgan fingerprint density at radius 1 is 1.29 bits per heavy atom. The van der Waals surface area contributed by atoms with Crippen LogP contribution in [0, 0.1) is 17.5 Å². The molecular formula is C10H11F3N2O2. The smallest absolute Gasteiger partial charge is 0.319 e. The number of benzene rings is 1. The zero-order valence-corrected chi connectivity index (χ0v) is 8.93. The number of aliphatic hydroxyl groups is 1. The molecule has 7 heteroatoms. The molecule has 1 unspecified atom stereocenters. The van der Waals surface area contributed by atoms with E-state index in [1.807, 2.05) is 5.32 Å². The van der Waals surface area contributed by atoms with Gasteiger partial charge in [0.2, 0.25) is 0 Å². The molecule has 94 valence electrons. The largest absolute Gasteiger partial charge is 0.394 e. The summed E-state index contributed by atoms with van der Waals surface area (Å²) in [6.07, 6.45) is 0. The average molecular weight is 248 g/mol. The summed E-state index contributed by atoms with van der Waals surface area (Å²) in [5, 5.41) is 12.9. The second-order valence-corrected chi connectivity index (χ2v) is 3.43. The second-order valence-electron chi connectivity index (χ2n) is 3.43. The van der Waals surface area contributed by atoms with Crippen LogP contribution in [0.2, 0.25) is 0 Å². The van der Waals surface area contributed by atoms with E-state index in [4.69, 9.17) is 5.11 Å². The molecule has 4 nitrogen and oxygen atoms in total. The first-order valence-corrected chi connectivity index (χ1v) is 4.77. The minimum absolute atomic E-state index is 0.298. The number of halogens is 3. The van der Waals surface area contributed by atoms with Gasteiger partial charge in [0.05, 0.1) is 18.3 Å². The first kappa shape index (κ1) is 13.3. The molecule has 0 aliphatic rings. The Hall–Kier alpha value is -1.76. The average Bonchev–Trinajstić information content (AvgIpc) is 2.25. The Balaban J connectivity index is 2.75. The van der Waals surface area contributed by atoms with E-state index in [1.165, 1.54) is 6.92 Å². The lowest BCUT2D eigenvalue weighted by atomic mass is 10.3. The maximum atomic E-state index is 13.1. The number of anilines is 1. The first-order chi connectivity index (χ1) is 7.93. The lowest BCUT2D eigenvalue weighted by molar-refractivity contribution is 0.229. The predicted molar refractivity (Wildman–Crippen MR) is 55.0 cm³/mol. The molecule has 0 saturated heterocycles. The molecule has 0 spiro atoms. The number of hydrogen-bond acceptors (Lipinski definition) is 2. The van der Waals surface area contributed by atoms with Crippen LogP contribution in [0.25, 0.3) is 0 Å². The molecular weight excluding hydrogens is 237 g/mol. The molecule has 0 saturated carbocycles. The number of hydrogen-bond donors (Lipinski definition) is 3.